The zero-order valence-corrected chi connectivity index (χ0v) is 12.5. The summed E-state index contributed by atoms with van der Waals surface area (Å²) in [6.07, 6.45) is -3.04. The molecule has 0 saturated carbocycles. The lowest BCUT2D eigenvalue weighted by atomic mass is 10.2. The smallest absolute Gasteiger partial charge is 0.342 e. The average molecular weight is 311 g/mol. The Kier molecular flexibility index (Phi) is 4.25. The highest BCUT2D eigenvalue weighted by molar-refractivity contribution is 5.95. The van der Waals surface area contributed by atoms with Crippen LogP contribution in [-0.4, -0.2) is 34.2 Å². The lowest BCUT2D eigenvalue weighted by Crippen LogP contribution is -2.26. The highest BCUT2D eigenvalue weighted by Gasteiger charge is 2.30. The molecule has 0 aliphatic rings. The molecule has 1 aromatic carbocycles. The van der Waals surface area contributed by atoms with Crippen molar-refractivity contribution in [3.8, 4) is 5.69 Å². The number of amides is 1. The summed E-state index contributed by atoms with van der Waals surface area (Å²) in [5.74, 6) is -0.210. The van der Waals surface area contributed by atoms with Crippen LogP contribution in [0.4, 0.5) is 13.2 Å². The standard InChI is InChI=1S/C15H16F3N3O/c1-4-20(3)14(22)13-9-19-21(10(13)2)12-7-5-6-11(8-12)15(16,17)18/h5-9H,4H2,1-3H3. The third kappa shape index (κ3) is 2.98. The van der Waals surface area contributed by atoms with Gasteiger partial charge in [-0.15, -0.1) is 0 Å². The molecular weight excluding hydrogens is 295 g/mol. The van der Waals surface area contributed by atoms with E-state index in [9.17, 15) is 18.0 Å². The summed E-state index contributed by atoms with van der Waals surface area (Å²) in [6, 6.07) is 4.85. The molecule has 22 heavy (non-hydrogen) atoms. The molecule has 0 fully saturated rings. The van der Waals surface area contributed by atoms with Crippen LogP contribution in [0.15, 0.2) is 30.5 Å². The Morgan fingerprint density at radius 2 is 2.05 bits per heavy atom. The molecule has 7 heteroatoms. The Balaban J connectivity index is 2.43. The number of carbonyl (C=O) groups excluding carboxylic acids is 1. The first-order valence-electron chi connectivity index (χ1n) is 6.73. The van der Waals surface area contributed by atoms with E-state index in [2.05, 4.69) is 5.10 Å². The van der Waals surface area contributed by atoms with Crippen LogP contribution in [0, 0.1) is 6.92 Å². The van der Waals surface area contributed by atoms with Gasteiger partial charge in [0.05, 0.1) is 28.7 Å². The number of halogens is 3. The Hall–Kier alpha value is -2.31. The van der Waals surface area contributed by atoms with E-state index in [-0.39, 0.29) is 11.6 Å². The van der Waals surface area contributed by atoms with Crippen LogP contribution in [0.3, 0.4) is 0 Å². The van der Waals surface area contributed by atoms with Crippen LogP contribution >= 0.6 is 0 Å². The largest absolute Gasteiger partial charge is 0.416 e. The van der Waals surface area contributed by atoms with Crippen LogP contribution in [0.25, 0.3) is 5.69 Å². The van der Waals surface area contributed by atoms with Crippen molar-refractivity contribution in [2.75, 3.05) is 13.6 Å². The van der Waals surface area contributed by atoms with Gasteiger partial charge in [0.15, 0.2) is 0 Å². The van der Waals surface area contributed by atoms with Crippen molar-refractivity contribution in [2.45, 2.75) is 20.0 Å². The molecule has 0 N–H and O–H groups in total. The fraction of sp³-hybridized carbons (Fsp3) is 0.333. The number of nitrogens with zero attached hydrogens (tertiary/aromatic N) is 3. The molecule has 1 heterocycles. The number of hydrogen-bond acceptors (Lipinski definition) is 2. The van der Waals surface area contributed by atoms with Crippen LogP contribution in [0.1, 0.15) is 28.5 Å². The van der Waals surface area contributed by atoms with Crippen molar-refractivity contribution >= 4 is 5.91 Å². The van der Waals surface area contributed by atoms with Gasteiger partial charge in [0.25, 0.3) is 5.91 Å². The number of benzene rings is 1. The molecule has 1 aromatic heterocycles. The summed E-state index contributed by atoms with van der Waals surface area (Å²) in [4.78, 5) is 13.7. The van der Waals surface area contributed by atoms with Gasteiger partial charge in [0.2, 0.25) is 0 Å². The quantitative estimate of drug-likeness (QED) is 0.872. The van der Waals surface area contributed by atoms with E-state index in [0.717, 1.165) is 12.1 Å². The molecule has 0 saturated heterocycles. The first-order chi connectivity index (χ1) is 10.3. The van der Waals surface area contributed by atoms with Crippen LogP contribution in [-0.2, 0) is 6.18 Å². The van der Waals surface area contributed by atoms with E-state index in [0.29, 0.717) is 17.8 Å². The lowest BCUT2D eigenvalue weighted by Gasteiger charge is -2.14. The van der Waals surface area contributed by atoms with E-state index in [4.69, 9.17) is 0 Å². The fourth-order valence-electron chi connectivity index (χ4n) is 2.04. The maximum absolute atomic E-state index is 12.8. The van der Waals surface area contributed by atoms with Crippen LogP contribution < -0.4 is 0 Å². The second-order valence-corrected chi connectivity index (χ2v) is 4.92. The fourth-order valence-corrected chi connectivity index (χ4v) is 2.04. The summed E-state index contributed by atoms with van der Waals surface area (Å²) in [5.41, 5.74) is 0.398. The second-order valence-electron chi connectivity index (χ2n) is 4.92. The summed E-state index contributed by atoms with van der Waals surface area (Å²) in [6.45, 7) is 4.03. The maximum atomic E-state index is 12.8. The average Bonchev–Trinajstić information content (AvgIpc) is 2.86. The van der Waals surface area contributed by atoms with Gasteiger partial charge >= 0.3 is 6.18 Å². The third-order valence-electron chi connectivity index (χ3n) is 3.48. The monoisotopic (exact) mass is 311 g/mol. The van der Waals surface area contributed by atoms with Gasteiger partial charge in [-0.05, 0) is 32.0 Å². The molecule has 0 aliphatic carbocycles. The summed E-state index contributed by atoms with van der Waals surface area (Å²) in [5, 5.41) is 4.05. The number of aromatic nitrogens is 2. The molecule has 0 atom stereocenters. The topological polar surface area (TPSA) is 38.1 Å². The number of hydrogen-bond donors (Lipinski definition) is 0. The minimum absolute atomic E-state index is 0.210. The van der Waals surface area contributed by atoms with Gasteiger partial charge in [0.1, 0.15) is 0 Å². The van der Waals surface area contributed by atoms with Crippen molar-refractivity contribution in [1.29, 1.82) is 0 Å². The maximum Gasteiger partial charge on any atom is 0.416 e. The zero-order chi connectivity index (χ0) is 16.5. The predicted octanol–water partition coefficient (Wildman–Crippen LogP) is 3.29. The summed E-state index contributed by atoms with van der Waals surface area (Å²) < 4.78 is 39.7. The second kappa shape index (κ2) is 5.82. The van der Waals surface area contributed by atoms with Crippen molar-refractivity contribution < 1.29 is 18.0 Å². The molecule has 1 amide bonds. The Morgan fingerprint density at radius 3 is 2.64 bits per heavy atom. The van der Waals surface area contributed by atoms with Gasteiger partial charge in [0, 0.05) is 13.6 Å². The molecule has 0 spiro atoms. The lowest BCUT2D eigenvalue weighted by molar-refractivity contribution is -0.137. The highest BCUT2D eigenvalue weighted by Crippen LogP contribution is 2.30. The molecular formula is C15H16F3N3O. The summed E-state index contributed by atoms with van der Waals surface area (Å²) in [7, 11) is 1.66. The van der Waals surface area contributed by atoms with Gasteiger partial charge < -0.3 is 4.90 Å². The first-order valence-corrected chi connectivity index (χ1v) is 6.73. The molecule has 118 valence electrons. The highest BCUT2D eigenvalue weighted by atomic mass is 19.4. The Bertz CT molecular complexity index is 692. The molecule has 0 bridgehead atoms. The van der Waals surface area contributed by atoms with Crippen molar-refractivity contribution in [2.24, 2.45) is 0 Å². The van der Waals surface area contributed by atoms with E-state index in [1.54, 1.807) is 14.0 Å². The van der Waals surface area contributed by atoms with Gasteiger partial charge in [-0.1, -0.05) is 6.07 Å². The Labute approximate surface area is 126 Å². The number of carbonyl (C=O) groups is 1. The van der Waals surface area contributed by atoms with Gasteiger partial charge in [-0.2, -0.15) is 18.3 Å². The van der Waals surface area contributed by atoms with Crippen LogP contribution in [0.5, 0.6) is 0 Å². The van der Waals surface area contributed by atoms with Crippen LogP contribution in [0.2, 0.25) is 0 Å². The van der Waals surface area contributed by atoms with Gasteiger partial charge in [-0.3, -0.25) is 4.79 Å². The molecule has 0 aliphatic heterocycles. The van der Waals surface area contributed by atoms with Gasteiger partial charge in [-0.25, -0.2) is 4.68 Å². The van der Waals surface area contributed by atoms with E-state index < -0.39 is 11.7 Å². The first kappa shape index (κ1) is 16.1. The molecule has 4 nitrogen and oxygen atoms in total. The minimum atomic E-state index is -4.42. The van der Waals surface area contributed by atoms with E-state index in [1.165, 1.54) is 27.9 Å². The number of alkyl halides is 3. The van der Waals surface area contributed by atoms with Crippen molar-refractivity contribution in [3.05, 3.63) is 47.3 Å². The van der Waals surface area contributed by atoms with E-state index >= 15 is 0 Å². The minimum Gasteiger partial charge on any atom is -0.342 e. The molecule has 0 unspecified atom stereocenters. The molecule has 2 rings (SSSR count). The predicted molar refractivity (Wildman–Crippen MR) is 75.9 cm³/mol. The summed E-state index contributed by atoms with van der Waals surface area (Å²) >= 11 is 0. The van der Waals surface area contributed by atoms with E-state index in [1.807, 2.05) is 6.92 Å². The number of rotatable bonds is 3. The normalized spacial score (nSPS) is 11.5. The van der Waals surface area contributed by atoms with Crippen molar-refractivity contribution in [3.63, 3.8) is 0 Å². The molecule has 0 radical (unpaired) electrons. The van der Waals surface area contributed by atoms with Crippen molar-refractivity contribution in [1.82, 2.24) is 14.7 Å². The molecule has 2 aromatic rings. The SMILES string of the molecule is CCN(C)C(=O)c1cnn(-c2cccc(C(F)(F)F)c2)c1C. The Morgan fingerprint density at radius 1 is 1.36 bits per heavy atom. The third-order valence-corrected chi connectivity index (χ3v) is 3.48. The zero-order valence-electron chi connectivity index (χ0n) is 12.5.